The molecule has 1 heterocycles. The van der Waals surface area contributed by atoms with E-state index in [0.29, 0.717) is 5.02 Å². The van der Waals surface area contributed by atoms with Crippen molar-refractivity contribution in [3.05, 3.63) is 83.5 Å². The fourth-order valence-corrected chi connectivity index (χ4v) is 4.38. The van der Waals surface area contributed by atoms with Crippen LogP contribution < -0.4 is 4.74 Å². The number of rotatable bonds is 7. The number of aromatic nitrogens is 1. The number of unbranched alkanes of at least 4 members (excludes halogenated alkanes) is 1. The molecule has 30 heavy (non-hydrogen) atoms. The van der Waals surface area contributed by atoms with E-state index in [2.05, 4.69) is 19.1 Å². The zero-order chi connectivity index (χ0) is 20.9. The van der Waals surface area contributed by atoms with Crippen molar-refractivity contribution in [1.29, 1.82) is 0 Å². The molecule has 1 N–H and O–H groups in total. The standard InChI is InChI=1S/C25H22ClNO2S/c1-2-3-4-23-24(30-25(27-23)18-5-11-20(28)12-6-18)17-7-13-21(14-8-17)29-22-15-9-19(26)10-16-22/h5-16,28H,2-4H2,1H3. The molecule has 0 saturated carbocycles. The largest absolute Gasteiger partial charge is 0.508 e. The number of benzene rings is 3. The minimum atomic E-state index is 0.262. The first-order valence-electron chi connectivity index (χ1n) is 9.95. The van der Waals surface area contributed by atoms with Gasteiger partial charge in [-0.25, -0.2) is 4.98 Å². The van der Waals surface area contributed by atoms with Crippen LogP contribution in [-0.2, 0) is 6.42 Å². The Morgan fingerprint density at radius 2 is 1.47 bits per heavy atom. The van der Waals surface area contributed by atoms with E-state index in [1.807, 2.05) is 48.5 Å². The number of phenols is 1. The number of nitrogens with zero attached hydrogens (tertiary/aromatic N) is 1. The maximum atomic E-state index is 9.57. The van der Waals surface area contributed by atoms with Gasteiger partial charge in [0, 0.05) is 10.6 Å². The zero-order valence-electron chi connectivity index (χ0n) is 16.6. The van der Waals surface area contributed by atoms with Crippen LogP contribution in [0, 0.1) is 0 Å². The molecule has 0 saturated heterocycles. The number of aromatic hydroxyl groups is 1. The van der Waals surface area contributed by atoms with Crippen molar-refractivity contribution in [2.24, 2.45) is 0 Å². The summed E-state index contributed by atoms with van der Waals surface area (Å²) in [7, 11) is 0. The van der Waals surface area contributed by atoms with Crippen LogP contribution in [0.5, 0.6) is 17.2 Å². The molecule has 4 aromatic rings. The van der Waals surface area contributed by atoms with Gasteiger partial charge in [0.25, 0.3) is 0 Å². The van der Waals surface area contributed by atoms with E-state index in [9.17, 15) is 5.11 Å². The van der Waals surface area contributed by atoms with Gasteiger partial charge in [-0.1, -0.05) is 24.9 Å². The first-order valence-corrected chi connectivity index (χ1v) is 11.1. The van der Waals surface area contributed by atoms with Crippen molar-refractivity contribution in [2.75, 3.05) is 0 Å². The predicted molar refractivity (Wildman–Crippen MR) is 125 cm³/mol. The molecule has 5 heteroatoms. The van der Waals surface area contributed by atoms with E-state index in [1.165, 1.54) is 4.88 Å². The van der Waals surface area contributed by atoms with Crippen LogP contribution >= 0.6 is 22.9 Å². The van der Waals surface area contributed by atoms with Crippen LogP contribution in [0.1, 0.15) is 25.5 Å². The second-order valence-electron chi connectivity index (χ2n) is 7.03. The van der Waals surface area contributed by atoms with Gasteiger partial charge in [0.05, 0.1) is 10.6 Å². The fraction of sp³-hybridized carbons (Fsp3) is 0.160. The lowest BCUT2D eigenvalue weighted by molar-refractivity contribution is 0.475. The van der Waals surface area contributed by atoms with E-state index in [0.717, 1.165) is 52.6 Å². The number of ether oxygens (including phenoxy) is 1. The topological polar surface area (TPSA) is 42.4 Å². The van der Waals surface area contributed by atoms with Gasteiger partial charge in [-0.05, 0) is 91.2 Å². The Bertz CT molecular complexity index is 1100. The Hall–Kier alpha value is -2.82. The first kappa shape index (κ1) is 20.5. The quantitative estimate of drug-likeness (QED) is 0.320. The third-order valence-corrected chi connectivity index (χ3v) is 6.19. The molecular formula is C25H22ClNO2S. The second-order valence-corrected chi connectivity index (χ2v) is 8.46. The molecule has 0 aliphatic rings. The lowest BCUT2D eigenvalue weighted by atomic mass is 10.1. The minimum absolute atomic E-state index is 0.262. The molecule has 1 aromatic heterocycles. The molecule has 0 fully saturated rings. The van der Waals surface area contributed by atoms with Crippen molar-refractivity contribution >= 4 is 22.9 Å². The van der Waals surface area contributed by atoms with E-state index in [4.69, 9.17) is 21.3 Å². The average molecular weight is 436 g/mol. The molecule has 0 unspecified atom stereocenters. The maximum absolute atomic E-state index is 9.57. The third kappa shape index (κ3) is 4.84. The summed E-state index contributed by atoms with van der Waals surface area (Å²) in [6.45, 7) is 2.19. The summed E-state index contributed by atoms with van der Waals surface area (Å²) >= 11 is 7.62. The van der Waals surface area contributed by atoms with Crippen molar-refractivity contribution in [2.45, 2.75) is 26.2 Å². The highest BCUT2D eigenvalue weighted by Gasteiger charge is 2.14. The number of thiazole rings is 1. The Morgan fingerprint density at radius 1 is 0.867 bits per heavy atom. The van der Waals surface area contributed by atoms with Gasteiger partial charge in [0.1, 0.15) is 22.3 Å². The molecule has 4 rings (SSSR count). The molecule has 3 nitrogen and oxygen atoms in total. The van der Waals surface area contributed by atoms with Crippen LogP contribution in [0.25, 0.3) is 21.0 Å². The van der Waals surface area contributed by atoms with Crippen molar-refractivity contribution in [3.8, 4) is 38.3 Å². The average Bonchev–Trinajstić information content (AvgIpc) is 3.19. The predicted octanol–water partition coefficient (Wildman–Crippen LogP) is 7.97. The van der Waals surface area contributed by atoms with Crippen molar-refractivity contribution < 1.29 is 9.84 Å². The highest BCUT2D eigenvalue weighted by Crippen LogP contribution is 2.37. The monoisotopic (exact) mass is 435 g/mol. The van der Waals surface area contributed by atoms with Crippen LogP contribution in [0.2, 0.25) is 5.02 Å². The molecule has 0 spiro atoms. The van der Waals surface area contributed by atoms with Gasteiger partial charge in [-0.2, -0.15) is 0 Å². The summed E-state index contributed by atoms with van der Waals surface area (Å²) in [5, 5.41) is 11.2. The van der Waals surface area contributed by atoms with E-state index in [-0.39, 0.29) is 5.75 Å². The summed E-state index contributed by atoms with van der Waals surface area (Å²) < 4.78 is 5.91. The van der Waals surface area contributed by atoms with Gasteiger partial charge in [-0.3, -0.25) is 0 Å². The summed E-state index contributed by atoms with van der Waals surface area (Å²) in [5.74, 6) is 1.79. The SMILES string of the molecule is CCCCc1nc(-c2ccc(O)cc2)sc1-c1ccc(Oc2ccc(Cl)cc2)cc1. The Balaban J connectivity index is 1.61. The molecule has 3 aromatic carbocycles. The van der Waals surface area contributed by atoms with E-state index >= 15 is 0 Å². The Labute approximate surface area is 185 Å². The molecule has 0 radical (unpaired) electrons. The van der Waals surface area contributed by atoms with Gasteiger partial charge in [0.2, 0.25) is 0 Å². The molecule has 0 aliphatic carbocycles. The molecule has 0 amide bonds. The number of hydrogen-bond acceptors (Lipinski definition) is 4. The van der Waals surface area contributed by atoms with Gasteiger partial charge >= 0.3 is 0 Å². The number of hydrogen-bond donors (Lipinski definition) is 1. The number of halogens is 1. The van der Waals surface area contributed by atoms with Crippen LogP contribution in [0.4, 0.5) is 0 Å². The lowest BCUT2D eigenvalue weighted by Crippen LogP contribution is -1.89. The molecule has 152 valence electrons. The van der Waals surface area contributed by atoms with Crippen LogP contribution in [-0.4, -0.2) is 10.1 Å². The third-order valence-electron chi connectivity index (χ3n) is 4.74. The second kappa shape index (κ2) is 9.33. The highest BCUT2D eigenvalue weighted by molar-refractivity contribution is 7.18. The van der Waals surface area contributed by atoms with Crippen LogP contribution in [0.3, 0.4) is 0 Å². The van der Waals surface area contributed by atoms with Crippen LogP contribution in [0.15, 0.2) is 72.8 Å². The minimum Gasteiger partial charge on any atom is -0.508 e. The van der Waals surface area contributed by atoms with Crippen molar-refractivity contribution in [1.82, 2.24) is 4.98 Å². The summed E-state index contributed by atoms with van der Waals surface area (Å²) in [4.78, 5) is 6.10. The zero-order valence-corrected chi connectivity index (χ0v) is 18.2. The Kier molecular flexibility index (Phi) is 6.36. The first-order chi connectivity index (χ1) is 14.6. The van der Waals surface area contributed by atoms with E-state index in [1.54, 1.807) is 23.5 Å². The summed E-state index contributed by atoms with van der Waals surface area (Å²) in [6.07, 6.45) is 3.17. The smallest absolute Gasteiger partial charge is 0.127 e. The summed E-state index contributed by atoms with van der Waals surface area (Å²) in [6, 6.07) is 22.7. The Morgan fingerprint density at radius 3 is 2.10 bits per heavy atom. The molecule has 0 aliphatic heterocycles. The number of phenolic OH excluding ortho intramolecular Hbond substituents is 1. The van der Waals surface area contributed by atoms with Crippen molar-refractivity contribution in [3.63, 3.8) is 0 Å². The summed E-state index contributed by atoms with van der Waals surface area (Å²) in [5.41, 5.74) is 3.27. The normalized spacial score (nSPS) is 10.9. The maximum Gasteiger partial charge on any atom is 0.127 e. The van der Waals surface area contributed by atoms with E-state index < -0.39 is 0 Å². The van der Waals surface area contributed by atoms with Gasteiger partial charge < -0.3 is 9.84 Å². The fourth-order valence-electron chi connectivity index (χ4n) is 3.13. The highest BCUT2D eigenvalue weighted by atomic mass is 35.5. The molecule has 0 atom stereocenters. The molecule has 0 bridgehead atoms. The van der Waals surface area contributed by atoms with Gasteiger partial charge in [0.15, 0.2) is 0 Å². The lowest BCUT2D eigenvalue weighted by Gasteiger charge is -2.07. The van der Waals surface area contributed by atoms with Gasteiger partial charge in [-0.15, -0.1) is 11.3 Å². The molecular weight excluding hydrogens is 414 g/mol. The number of aryl methyl sites for hydroxylation is 1.